The molecule has 6 nitrogen and oxygen atoms in total. The summed E-state index contributed by atoms with van der Waals surface area (Å²) >= 11 is 0. The SMILES string of the molecule is CC(Cc1ccco1)NC(=O)Cn1cccc1C(=O)O. The minimum Gasteiger partial charge on any atom is -0.477 e. The van der Waals surface area contributed by atoms with Crippen molar-refractivity contribution in [2.75, 3.05) is 0 Å². The predicted octanol–water partition coefficient (Wildman–Crippen LogP) is 1.53. The van der Waals surface area contributed by atoms with Crippen LogP contribution in [0.1, 0.15) is 23.2 Å². The first-order chi connectivity index (χ1) is 9.56. The molecule has 20 heavy (non-hydrogen) atoms. The first-order valence-corrected chi connectivity index (χ1v) is 6.26. The van der Waals surface area contributed by atoms with E-state index >= 15 is 0 Å². The number of rotatable bonds is 6. The first kappa shape index (κ1) is 13.9. The minimum atomic E-state index is -1.05. The molecule has 2 N–H and O–H groups in total. The number of carboxylic acid groups (broad SMARTS) is 1. The molecule has 0 bridgehead atoms. The maximum absolute atomic E-state index is 11.9. The number of hydrogen-bond donors (Lipinski definition) is 2. The molecule has 0 aromatic carbocycles. The molecule has 2 aromatic rings. The van der Waals surface area contributed by atoms with Crippen molar-refractivity contribution in [3.8, 4) is 0 Å². The molecule has 1 atom stereocenters. The lowest BCUT2D eigenvalue weighted by Gasteiger charge is -2.13. The number of carbonyl (C=O) groups is 2. The van der Waals surface area contributed by atoms with Crippen molar-refractivity contribution in [2.24, 2.45) is 0 Å². The fourth-order valence-electron chi connectivity index (χ4n) is 2.00. The lowest BCUT2D eigenvalue weighted by atomic mass is 10.2. The summed E-state index contributed by atoms with van der Waals surface area (Å²) in [7, 11) is 0. The van der Waals surface area contributed by atoms with Crippen molar-refractivity contribution in [1.29, 1.82) is 0 Å². The second-order valence-corrected chi connectivity index (χ2v) is 4.58. The zero-order chi connectivity index (χ0) is 14.5. The Morgan fingerprint density at radius 2 is 2.20 bits per heavy atom. The molecule has 0 radical (unpaired) electrons. The van der Waals surface area contributed by atoms with Crippen LogP contribution in [-0.2, 0) is 17.8 Å². The van der Waals surface area contributed by atoms with Crippen LogP contribution in [0.2, 0.25) is 0 Å². The van der Waals surface area contributed by atoms with Crippen LogP contribution in [0.5, 0.6) is 0 Å². The van der Waals surface area contributed by atoms with Gasteiger partial charge in [0, 0.05) is 18.7 Å². The summed E-state index contributed by atoms with van der Waals surface area (Å²) in [5.74, 6) is -0.487. The van der Waals surface area contributed by atoms with E-state index in [0.29, 0.717) is 6.42 Å². The van der Waals surface area contributed by atoms with Crippen molar-refractivity contribution >= 4 is 11.9 Å². The molecule has 2 rings (SSSR count). The highest BCUT2D eigenvalue weighted by Gasteiger charge is 2.13. The molecule has 6 heteroatoms. The van der Waals surface area contributed by atoms with Gasteiger partial charge in [0.25, 0.3) is 0 Å². The van der Waals surface area contributed by atoms with Crippen molar-refractivity contribution in [3.63, 3.8) is 0 Å². The minimum absolute atomic E-state index is 0.0167. The van der Waals surface area contributed by atoms with Gasteiger partial charge in [-0.1, -0.05) is 0 Å². The summed E-state index contributed by atoms with van der Waals surface area (Å²) in [4.78, 5) is 22.8. The Morgan fingerprint density at radius 1 is 1.40 bits per heavy atom. The molecule has 0 saturated carbocycles. The number of aromatic carboxylic acids is 1. The summed E-state index contributed by atoms with van der Waals surface area (Å²) in [5.41, 5.74) is 0.0961. The van der Waals surface area contributed by atoms with Gasteiger partial charge in [0.15, 0.2) is 0 Å². The summed E-state index contributed by atoms with van der Waals surface area (Å²) < 4.78 is 6.61. The second-order valence-electron chi connectivity index (χ2n) is 4.58. The zero-order valence-electron chi connectivity index (χ0n) is 11.1. The summed E-state index contributed by atoms with van der Waals surface area (Å²) in [5, 5.41) is 11.8. The molecule has 0 aliphatic rings. The number of aromatic nitrogens is 1. The standard InChI is InChI=1S/C14H16N2O4/c1-10(8-11-4-3-7-20-11)15-13(17)9-16-6-2-5-12(16)14(18)19/h2-7,10H,8-9H2,1H3,(H,15,17)(H,18,19). The van der Waals surface area contributed by atoms with Crippen LogP contribution in [0.4, 0.5) is 0 Å². The lowest BCUT2D eigenvalue weighted by molar-refractivity contribution is -0.122. The Morgan fingerprint density at radius 3 is 2.85 bits per heavy atom. The Balaban J connectivity index is 1.89. The highest BCUT2D eigenvalue weighted by Crippen LogP contribution is 2.05. The fraction of sp³-hybridized carbons (Fsp3) is 0.286. The van der Waals surface area contributed by atoms with Crippen LogP contribution in [0.25, 0.3) is 0 Å². The van der Waals surface area contributed by atoms with Gasteiger partial charge in [0.2, 0.25) is 5.91 Å². The molecular weight excluding hydrogens is 260 g/mol. The topological polar surface area (TPSA) is 84.5 Å². The van der Waals surface area contributed by atoms with Crippen molar-refractivity contribution in [1.82, 2.24) is 9.88 Å². The van der Waals surface area contributed by atoms with Crippen molar-refractivity contribution in [2.45, 2.75) is 25.9 Å². The first-order valence-electron chi connectivity index (χ1n) is 6.26. The van der Waals surface area contributed by atoms with Crippen LogP contribution >= 0.6 is 0 Å². The van der Waals surface area contributed by atoms with Gasteiger partial charge in [-0.2, -0.15) is 0 Å². The molecule has 0 spiro atoms. The Kier molecular flexibility index (Phi) is 4.24. The van der Waals surface area contributed by atoms with Crippen molar-refractivity contribution < 1.29 is 19.1 Å². The molecule has 2 heterocycles. The highest BCUT2D eigenvalue weighted by atomic mass is 16.4. The summed E-state index contributed by atoms with van der Waals surface area (Å²) in [6.07, 6.45) is 3.75. The van der Waals surface area contributed by atoms with Crippen molar-refractivity contribution in [3.05, 3.63) is 48.2 Å². The Labute approximate surface area is 116 Å². The number of amides is 1. The Hall–Kier alpha value is -2.50. The number of nitrogens with zero attached hydrogens (tertiary/aromatic N) is 1. The largest absolute Gasteiger partial charge is 0.477 e. The number of carboxylic acids is 1. The zero-order valence-corrected chi connectivity index (χ0v) is 11.1. The molecular formula is C14H16N2O4. The molecule has 1 amide bonds. The van der Waals surface area contributed by atoms with E-state index in [4.69, 9.17) is 9.52 Å². The van der Waals surface area contributed by atoms with Gasteiger partial charge in [-0.25, -0.2) is 4.79 Å². The van der Waals surface area contributed by atoms with E-state index in [1.54, 1.807) is 24.6 Å². The number of furan rings is 1. The maximum Gasteiger partial charge on any atom is 0.352 e. The predicted molar refractivity (Wildman–Crippen MR) is 71.4 cm³/mol. The lowest BCUT2D eigenvalue weighted by Crippen LogP contribution is -2.36. The van der Waals surface area contributed by atoms with E-state index in [2.05, 4.69) is 5.32 Å². The van der Waals surface area contributed by atoms with Crippen LogP contribution in [0.15, 0.2) is 41.1 Å². The van der Waals surface area contributed by atoms with Crippen LogP contribution in [0.3, 0.4) is 0 Å². The van der Waals surface area contributed by atoms with Gasteiger partial charge in [0.05, 0.1) is 6.26 Å². The molecule has 0 saturated heterocycles. The summed E-state index contributed by atoms with van der Waals surface area (Å²) in [6.45, 7) is 1.85. The van der Waals surface area contributed by atoms with Gasteiger partial charge in [0.1, 0.15) is 18.0 Å². The fourth-order valence-corrected chi connectivity index (χ4v) is 2.00. The van der Waals surface area contributed by atoms with E-state index in [1.165, 1.54) is 10.6 Å². The van der Waals surface area contributed by atoms with Gasteiger partial charge in [-0.3, -0.25) is 4.79 Å². The third-order valence-electron chi connectivity index (χ3n) is 2.86. The normalized spacial score (nSPS) is 12.1. The van der Waals surface area contributed by atoms with Gasteiger partial charge >= 0.3 is 5.97 Å². The number of hydrogen-bond acceptors (Lipinski definition) is 3. The molecule has 1 unspecified atom stereocenters. The third-order valence-corrected chi connectivity index (χ3v) is 2.86. The molecule has 0 aliphatic heterocycles. The second kappa shape index (κ2) is 6.10. The smallest absolute Gasteiger partial charge is 0.352 e. The average molecular weight is 276 g/mol. The van der Waals surface area contributed by atoms with Gasteiger partial charge < -0.3 is 19.4 Å². The Bertz CT molecular complexity index is 586. The monoisotopic (exact) mass is 276 g/mol. The maximum atomic E-state index is 11.9. The quantitative estimate of drug-likeness (QED) is 0.838. The molecule has 106 valence electrons. The van der Waals surface area contributed by atoms with E-state index < -0.39 is 5.97 Å². The highest BCUT2D eigenvalue weighted by molar-refractivity contribution is 5.86. The van der Waals surface area contributed by atoms with Crippen LogP contribution < -0.4 is 5.32 Å². The van der Waals surface area contributed by atoms with Crippen LogP contribution in [-0.4, -0.2) is 27.6 Å². The number of nitrogens with one attached hydrogen (secondary N) is 1. The molecule has 0 fully saturated rings. The van der Waals surface area contributed by atoms with Gasteiger partial charge in [-0.15, -0.1) is 0 Å². The average Bonchev–Trinajstić information content (AvgIpc) is 2.99. The van der Waals surface area contributed by atoms with E-state index in [-0.39, 0.29) is 24.2 Å². The van der Waals surface area contributed by atoms with E-state index in [0.717, 1.165) is 5.76 Å². The third kappa shape index (κ3) is 3.50. The van der Waals surface area contributed by atoms with Crippen LogP contribution in [0, 0.1) is 0 Å². The number of carbonyl (C=O) groups excluding carboxylic acids is 1. The van der Waals surface area contributed by atoms with E-state index in [9.17, 15) is 9.59 Å². The molecule has 0 aliphatic carbocycles. The molecule has 2 aromatic heterocycles. The van der Waals surface area contributed by atoms with Gasteiger partial charge in [-0.05, 0) is 31.2 Å². The van der Waals surface area contributed by atoms with E-state index in [1.807, 2.05) is 13.0 Å². The summed E-state index contributed by atoms with van der Waals surface area (Å²) in [6, 6.07) is 6.61.